The molecule has 31 heavy (non-hydrogen) atoms. The van der Waals surface area contributed by atoms with Crippen molar-refractivity contribution in [2.24, 2.45) is 10.2 Å². The van der Waals surface area contributed by atoms with Gasteiger partial charge in [0.15, 0.2) is 0 Å². The molecule has 1 aromatic carbocycles. The number of imidazole rings is 1. The number of nitrogens with zero attached hydrogens (tertiary/aromatic N) is 6. The minimum atomic E-state index is -0.505. The third kappa shape index (κ3) is 3.46. The topological polar surface area (TPSA) is 137 Å². The molecule has 0 saturated heterocycles. The van der Waals surface area contributed by atoms with Gasteiger partial charge in [-0.1, -0.05) is 37.3 Å². The lowest BCUT2D eigenvalue weighted by Crippen LogP contribution is -2.12. The molecule has 0 saturated carbocycles. The van der Waals surface area contributed by atoms with E-state index in [4.69, 9.17) is 4.74 Å². The van der Waals surface area contributed by atoms with Crippen LogP contribution < -0.4 is 10.3 Å². The van der Waals surface area contributed by atoms with Crippen LogP contribution in [0.15, 0.2) is 45.4 Å². The highest BCUT2D eigenvalue weighted by Crippen LogP contribution is 2.31. The van der Waals surface area contributed by atoms with Gasteiger partial charge >= 0.3 is 0 Å². The van der Waals surface area contributed by atoms with E-state index in [1.54, 1.807) is 4.40 Å². The standard InChI is InChI=1S/C21H20N8O2/c1-4-15-14(11-22)18(27-25-15)28-26-17-19(30)24-21-23-16(13-9-7-6-8-10-13)12(3)29(21)20(17)31-5-2/h6-10H,4-5H2,1-3H3,(H,25,27)(H,23,24,30). The number of benzene rings is 1. The molecule has 0 atom stereocenters. The first-order valence-electron chi connectivity index (χ1n) is 9.81. The molecule has 0 radical (unpaired) electrons. The SMILES string of the molecule is CCOc1c(N=Nc2n[nH]c(CC)c2C#N)c(=O)[nH]c2nc(-c3ccccc3)c(C)n12. The van der Waals surface area contributed by atoms with Gasteiger partial charge in [0.2, 0.25) is 23.2 Å². The number of rotatable bonds is 6. The average molecular weight is 416 g/mol. The quantitative estimate of drug-likeness (QED) is 0.458. The third-order valence-electron chi connectivity index (χ3n) is 4.81. The highest BCUT2D eigenvalue weighted by Gasteiger charge is 2.21. The van der Waals surface area contributed by atoms with E-state index in [1.165, 1.54) is 0 Å². The van der Waals surface area contributed by atoms with Crippen molar-refractivity contribution in [3.8, 4) is 23.2 Å². The zero-order valence-electron chi connectivity index (χ0n) is 17.3. The van der Waals surface area contributed by atoms with E-state index in [0.29, 0.717) is 30.1 Å². The molecule has 3 aromatic heterocycles. The van der Waals surface area contributed by atoms with Crippen molar-refractivity contribution in [3.63, 3.8) is 0 Å². The molecule has 2 N–H and O–H groups in total. The second-order valence-corrected chi connectivity index (χ2v) is 6.68. The van der Waals surface area contributed by atoms with Crippen LogP contribution in [0, 0.1) is 18.3 Å². The minimum Gasteiger partial charge on any atom is -0.477 e. The second-order valence-electron chi connectivity index (χ2n) is 6.68. The van der Waals surface area contributed by atoms with Gasteiger partial charge in [-0.3, -0.25) is 19.3 Å². The fourth-order valence-electron chi connectivity index (χ4n) is 3.34. The van der Waals surface area contributed by atoms with Gasteiger partial charge in [0.1, 0.15) is 11.6 Å². The molecule has 0 aliphatic heterocycles. The van der Waals surface area contributed by atoms with Crippen LogP contribution in [-0.4, -0.2) is 31.2 Å². The minimum absolute atomic E-state index is 0.0283. The molecule has 0 fully saturated rings. The maximum absolute atomic E-state index is 12.8. The van der Waals surface area contributed by atoms with E-state index < -0.39 is 5.56 Å². The van der Waals surface area contributed by atoms with Crippen LogP contribution in [0.1, 0.15) is 30.8 Å². The summed E-state index contributed by atoms with van der Waals surface area (Å²) in [5, 5.41) is 24.3. The second kappa shape index (κ2) is 8.23. The molecule has 3 heterocycles. The Morgan fingerprint density at radius 2 is 2.00 bits per heavy atom. The fourth-order valence-corrected chi connectivity index (χ4v) is 3.34. The van der Waals surface area contributed by atoms with Crippen LogP contribution in [0.3, 0.4) is 0 Å². The van der Waals surface area contributed by atoms with Gasteiger partial charge in [0.05, 0.1) is 23.7 Å². The van der Waals surface area contributed by atoms with Crippen LogP contribution in [-0.2, 0) is 6.42 Å². The lowest BCUT2D eigenvalue weighted by Gasteiger charge is -2.09. The molecule has 4 rings (SSSR count). The summed E-state index contributed by atoms with van der Waals surface area (Å²) in [6, 6.07) is 11.7. The molecule has 4 aromatic rings. The zero-order valence-corrected chi connectivity index (χ0v) is 17.3. The predicted octanol–water partition coefficient (Wildman–Crippen LogP) is 3.97. The Bertz CT molecular complexity index is 1370. The Hall–Kier alpha value is -4.26. The van der Waals surface area contributed by atoms with Gasteiger partial charge in [-0.2, -0.15) is 10.4 Å². The molecule has 0 spiro atoms. The molecule has 10 nitrogen and oxygen atoms in total. The summed E-state index contributed by atoms with van der Waals surface area (Å²) in [7, 11) is 0. The molecule has 10 heteroatoms. The van der Waals surface area contributed by atoms with Gasteiger partial charge in [0.25, 0.3) is 5.56 Å². The van der Waals surface area contributed by atoms with Crippen LogP contribution in [0.25, 0.3) is 17.0 Å². The highest BCUT2D eigenvalue weighted by atomic mass is 16.5. The van der Waals surface area contributed by atoms with Crippen molar-refractivity contribution in [1.29, 1.82) is 5.26 Å². The largest absolute Gasteiger partial charge is 0.477 e. The van der Waals surface area contributed by atoms with Crippen molar-refractivity contribution in [3.05, 3.63) is 57.6 Å². The number of hydrogen-bond donors (Lipinski definition) is 2. The average Bonchev–Trinajstić information content (AvgIpc) is 3.34. The van der Waals surface area contributed by atoms with Crippen LogP contribution in [0.2, 0.25) is 0 Å². The highest BCUT2D eigenvalue weighted by molar-refractivity contribution is 5.67. The van der Waals surface area contributed by atoms with Crippen molar-refractivity contribution in [2.45, 2.75) is 27.2 Å². The first-order valence-corrected chi connectivity index (χ1v) is 9.81. The summed E-state index contributed by atoms with van der Waals surface area (Å²) in [4.78, 5) is 20.1. The summed E-state index contributed by atoms with van der Waals surface area (Å²) in [6.45, 7) is 5.91. The van der Waals surface area contributed by atoms with E-state index in [0.717, 1.165) is 17.0 Å². The van der Waals surface area contributed by atoms with E-state index >= 15 is 0 Å². The van der Waals surface area contributed by atoms with E-state index in [1.807, 2.05) is 51.1 Å². The summed E-state index contributed by atoms with van der Waals surface area (Å²) >= 11 is 0. The first kappa shape index (κ1) is 20.0. The molecule has 0 unspecified atom stereocenters. The van der Waals surface area contributed by atoms with Gasteiger partial charge in [-0.15, -0.1) is 10.2 Å². The summed E-state index contributed by atoms with van der Waals surface area (Å²) in [5.41, 5.74) is 2.84. The number of aromatic nitrogens is 5. The lowest BCUT2D eigenvalue weighted by atomic mass is 10.1. The third-order valence-corrected chi connectivity index (χ3v) is 4.81. The first-order chi connectivity index (χ1) is 15.1. The van der Waals surface area contributed by atoms with Gasteiger partial charge in [0, 0.05) is 5.56 Å². The number of azo groups is 1. The maximum atomic E-state index is 12.8. The fraction of sp³-hybridized carbons (Fsp3) is 0.238. The number of nitriles is 1. The van der Waals surface area contributed by atoms with Crippen molar-refractivity contribution in [2.75, 3.05) is 6.61 Å². The number of H-pyrrole nitrogens is 2. The Balaban J connectivity index is 1.90. The molecule has 156 valence electrons. The molecular weight excluding hydrogens is 396 g/mol. The molecule has 0 amide bonds. The Labute approximate surface area is 177 Å². The number of fused-ring (bicyclic) bond motifs is 1. The number of aromatic amines is 2. The Morgan fingerprint density at radius 1 is 1.23 bits per heavy atom. The Kier molecular flexibility index (Phi) is 5.32. The summed E-state index contributed by atoms with van der Waals surface area (Å²) in [6.07, 6.45) is 0.596. The molecule has 0 aliphatic rings. The number of hydrogen-bond acceptors (Lipinski definition) is 7. The van der Waals surface area contributed by atoms with Crippen molar-refractivity contribution < 1.29 is 4.74 Å². The van der Waals surface area contributed by atoms with Crippen LogP contribution in [0.4, 0.5) is 11.5 Å². The van der Waals surface area contributed by atoms with E-state index in [2.05, 4.69) is 36.5 Å². The van der Waals surface area contributed by atoms with Crippen molar-refractivity contribution in [1.82, 2.24) is 24.6 Å². The monoisotopic (exact) mass is 416 g/mol. The van der Waals surface area contributed by atoms with Crippen molar-refractivity contribution >= 4 is 17.3 Å². The molecular formula is C21H20N8O2. The summed E-state index contributed by atoms with van der Waals surface area (Å²) < 4.78 is 7.49. The summed E-state index contributed by atoms with van der Waals surface area (Å²) in [5.74, 6) is 0.685. The number of ether oxygens (including phenoxy) is 1. The van der Waals surface area contributed by atoms with Crippen LogP contribution >= 0.6 is 0 Å². The number of aryl methyl sites for hydroxylation is 2. The van der Waals surface area contributed by atoms with E-state index in [-0.39, 0.29) is 17.4 Å². The van der Waals surface area contributed by atoms with Gasteiger partial charge < -0.3 is 4.74 Å². The van der Waals surface area contributed by atoms with Gasteiger partial charge in [-0.05, 0) is 20.3 Å². The van der Waals surface area contributed by atoms with Crippen LogP contribution in [0.5, 0.6) is 5.88 Å². The number of nitrogens with one attached hydrogen (secondary N) is 2. The maximum Gasteiger partial charge on any atom is 0.284 e. The molecule has 0 aliphatic carbocycles. The zero-order chi connectivity index (χ0) is 22.0. The predicted molar refractivity (Wildman–Crippen MR) is 114 cm³/mol. The Morgan fingerprint density at radius 3 is 2.68 bits per heavy atom. The normalized spacial score (nSPS) is 11.3. The molecule has 0 bridgehead atoms. The van der Waals surface area contributed by atoms with Gasteiger partial charge in [-0.25, -0.2) is 4.98 Å². The smallest absolute Gasteiger partial charge is 0.284 e. The van der Waals surface area contributed by atoms with E-state index in [9.17, 15) is 10.1 Å². The lowest BCUT2D eigenvalue weighted by molar-refractivity contribution is 0.322.